The first kappa shape index (κ1) is 20.3. The Labute approximate surface area is 166 Å². The highest BCUT2D eigenvalue weighted by Gasteiger charge is 2.25. The highest BCUT2D eigenvalue weighted by molar-refractivity contribution is 7.93. The van der Waals surface area contributed by atoms with E-state index in [9.17, 15) is 16.8 Å². The standard InChI is InChI=1S/C19H23N3O4S2/c1-13-10-14(2)19(15(3)11-13)28(25,26)21-16-6-4-7-17(12-16)27(23,24)22-18-8-5-9-20-18/h4,6-7,10-12,21H,5,8-9H2,1-3H3,(H,20,22)/p+1. The zero-order valence-electron chi connectivity index (χ0n) is 16.0. The molecule has 28 heavy (non-hydrogen) atoms. The SMILES string of the molecule is Cc1cc(C)c(S(=O)(=O)Nc2cccc(S(=O)(=O)NC3=[NH+]CCC3)c2)c(C)c1. The van der Waals surface area contributed by atoms with Crippen LogP contribution >= 0.6 is 0 Å². The predicted octanol–water partition coefficient (Wildman–Crippen LogP) is 0.964. The molecule has 150 valence electrons. The minimum Gasteiger partial charge on any atom is -0.280 e. The van der Waals surface area contributed by atoms with Crippen LogP contribution in [0.4, 0.5) is 5.69 Å². The van der Waals surface area contributed by atoms with E-state index in [0.29, 0.717) is 23.4 Å². The van der Waals surface area contributed by atoms with Gasteiger partial charge in [0.05, 0.1) is 23.5 Å². The molecule has 0 aliphatic carbocycles. The van der Waals surface area contributed by atoms with Crippen LogP contribution < -0.4 is 14.4 Å². The largest absolute Gasteiger partial charge is 0.328 e. The molecule has 1 aliphatic rings. The van der Waals surface area contributed by atoms with Crippen molar-refractivity contribution in [1.29, 1.82) is 0 Å². The Balaban J connectivity index is 1.91. The Morgan fingerprint density at radius 1 is 0.893 bits per heavy atom. The van der Waals surface area contributed by atoms with Gasteiger partial charge in [-0.25, -0.2) is 8.42 Å². The number of sulfonamides is 2. The van der Waals surface area contributed by atoms with E-state index in [1.807, 2.05) is 6.92 Å². The van der Waals surface area contributed by atoms with Crippen molar-refractivity contribution in [2.24, 2.45) is 0 Å². The van der Waals surface area contributed by atoms with Gasteiger partial charge in [0.2, 0.25) is 0 Å². The summed E-state index contributed by atoms with van der Waals surface area (Å²) < 4.78 is 56.0. The van der Waals surface area contributed by atoms with E-state index in [0.717, 1.165) is 18.5 Å². The van der Waals surface area contributed by atoms with Crippen molar-refractivity contribution in [3.63, 3.8) is 0 Å². The maximum Gasteiger partial charge on any atom is 0.328 e. The number of nitrogens with one attached hydrogen (secondary N) is 3. The van der Waals surface area contributed by atoms with E-state index in [4.69, 9.17) is 0 Å². The number of benzene rings is 2. The highest BCUT2D eigenvalue weighted by Crippen LogP contribution is 2.25. The van der Waals surface area contributed by atoms with Gasteiger partial charge < -0.3 is 0 Å². The first-order chi connectivity index (χ1) is 13.1. The summed E-state index contributed by atoms with van der Waals surface area (Å²) >= 11 is 0. The van der Waals surface area contributed by atoms with E-state index in [2.05, 4.69) is 14.4 Å². The second-order valence-electron chi connectivity index (χ2n) is 6.98. The molecule has 3 N–H and O–H groups in total. The van der Waals surface area contributed by atoms with Gasteiger partial charge in [-0.05, 0) is 56.5 Å². The van der Waals surface area contributed by atoms with Gasteiger partial charge in [-0.2, -0.15) is 13.1 Å². The second kappa shape index (κ2) is 7.56. The molecule has 0 unspecified atom stereocenters. The molecule has 2 aromatic rings. The maximum atomic E-state index is 12.9. The summed E-state index contributed by atoms with van der Waals surface area (Å²) in [5.41, 5.74) is 2.44. The van der Waals surface area contributed by atoms with Crippen LogP contribution in [0.5, 0.6) is 0 Å². The van der Waals surface area contributed by atoms with Crippen LogP contribution in [-0.4, -0.2) is 29.2 Å². The molecule has 0 fully saturated rings. The van der Waals surface area contributed by atoms with Crippen molar-refractivity contribution >= 4 is 31.6 Å². The first-order valence-corrected chi connectivity index (χ1v) is 11.9. The molecule has 2 aromatic carbocycles. The van der Waals surface area contributed by atoms with Gasteiger partial charge in [0.15, 0.2) is 0 Å². The fourth-order valence-corrected chi connectivity index (χ4v) is 6.09. The van der Waals surface area contributed by atoms with Crippen molar-refractivity contribution in [3.8, 4) is 0 Å². The molecule has 0 radical (unpaired) electrons. The lowest BCUT2D eigenvalue weighted by Gasteiger charge is -2.14. The van der Waals surface area contributed by atoms with Gasteiger partial charge in [0.25, 0.3) is 15.9 Å². The van der Waals surface area contributed by atoms with E-state index in [-0.39, 0.29) is 15.5 Å². The van der Waals surface area contributed by atoms with Crippen LogP contribution in [0.2, 0.25) is 0 Å². The molecule has 0 saturated heterocycles. The van der Waals surface area contributed by atoms with E-state index in [1.54, 1.807) is 26.0 Å². The third kappa shape index (κ3) is 4.36. The van der Waals surface area contributed by atoms with Crippen LogP contribution in [0.15, 0.2) is 46.2 Å². The minimum atomic E-state index is -3.86. The van der Waals surface area contributed by atoms with Crippen LogP contribution in [0.3, 0.4) is 0 Å². The van der Waals surface area contributed by atoms with Crippen molar-refractivity contribution in [3.05, 3.63) is 53.1 Å². The Kier molecular flexibility index (Phi) is 5.49. The quantitative estimate of drug-likeness (QED) is 0.667. The second-order valence-corrected chi connectivity index (χ2v) is 10.3. The number of hydrogen-bond acceptors (Lipinski definition) is 4. The van der Waals surface area contributed by atoms with Gasteiger partial charge >= 0.3 is 10.0 Å². The predicted molar refractivity (Wildman–Crippen MR) is 108 cm³/mol. The topological polar surface area (TPSA) is 106 Å². The summed E-state index contributed by atoms with van der Waals surface area (Å²) in [5, 5.41) is 0. The van der Waals surface area contributed by atoms with Crippen molar-refractivity contribution in [2.75, 3.05) is 11.3 Å². The van der Waals surface area contributed by atoms with Crippen LogP contribution in [0, 0.1) is 20.8 Å². The molecule has 0 atom stereocenters. The fourth-order valence-electron chi connectivity index (χ4n) is 3.42. The third-order valence-corrected chi connectivity index (χ3v) is 7.54. The molecule has 0 spiro atoms. The minimum absolute atomic E-state index is 0.00810. The number of hydrogen-bond donors (Lipinski definition) is 3. The van der Waals surface area contributed by atoms with Crippen molar-refractivity contribution in [1.82, 2.24) is 4.72 Å². The summed E-state index contributed by atoms with van der Waals surface area (Å²) in [6, 6.07) is 9.38. The Morgan fingerprint density at radius 2 is 1.57 bits per heavy atom. The molecule has 0 saturated carbocycles. The average molecular weight is 423 g/mol. The summed E-state index contributed by atoms with van der Waals surface area (Å²) in [6.45, 7) is 6.12. The maximum absolute atomic E-state index is 12.9. The van der Waals surface area contributed by atoms with E-state index < -0.39 is 20.0 Å². The monoisotopic (exact) mass is 422 g/mol. The summed E-state index contributed by atoms with van der Waals surface area (Å²) in [6.07, 6.45) is 1.50. The number of anilines is 1. The lowest BCUT2D eigenvalue weighted by atomic mass is 10.1. The molecular weight excluding hydrogens is 398 g/mol. The molecule has 1 aliphatic heterocycles. The van der Waals surface area contributed by atoms with Gasteiger partial charge in [-0.15, -0.1) is 0 Å². The zero-order chi connectivity index (χ0) is 20.5. The molecule has 3 rings (SSSR count). The lowest BCUT2D eigenvalue weighted by molar-refractivity contribution is -0.448. The zero-order valence-corrected chi connectivity index (χ0v) is 17.7. The van der Waals surface area contributed by atoms with Gasteiger partial charge in [0, 0.05) is 0 Å². The normalized spacial score (nSPS) is 14.6. The van der Waals surface area contributed by atoms with Crippen LogP contribution in [0.25, 0.3) is 0 Å². The van der Waals surface area contributed by atoms with Gasteiger partial charge in [0.1, 0.15) is 4.90 Å². The Bertz CT molecular complexity index is 1130. The molecular formula is C19H24N3O4S2+. The van der Waals surface area contributed by atoms with Gasteiger partial charge in [-0.3, -0.25) is 9.71 Å². The van der Waals surface area contributed by atoms with Gasteiger partial charge in [-0.1, -0.05) is 23.8 Å². The molecule has 7 nitrogen and oxygen atoms in total. The smallest absolute Gasteiger partial charge is 0.280 e. The molecule has 0 aromatic heterocycles. The molecule has 9 heteroatoms. The molecule has 0 bridgehead atoms. The first-order valence-electron chi connectivity index (χ1n) is 8.92. The van der Waals surface area contributed by atoms with Crippen molar-refractivity contribution in [2.45, 2.75) is 43.4 Å². The van der Waals surface area contributed by atoms with Crippen LogP contribution in [-0.2, 0) is 20.0 Å². The fraction of sp³-hybridized carbons (Fsp3) is 0.316. The third-order valence-electron chi connectivity index (χ3n) is 4.47. The summed E-state index contributed by atoms with van der Waals surface area (Å²) in [4.78, 5) is 3.18. The highest BCUT2D eigenvalue weighted by atomic mass is 32.2. The lowest BCUT2D eigenvalue weighted by Crippen LogP contribution is -2.72. The van der Waals surface area contributed by atoms with E-state index >= 15 is 0 Å². The van der Waals surface area contributed by atoms with Crippen molar-refractivity contribution < 1.29 is 21.8 Å². The average Bonchev–Trinajstić information content (AvgIpc) is 3.05. The Hall–Kier alpha value is -2.39. The summed E-state index contributed by atoms with van der Waals surface area (Å²) in [5.74, 6) is 0.553. The molecule has 1 heterocycles. The number of amidine groups is 1. The van der Waals surface area contributed by atoms with E-state index in [1.165, 1.54) is 24.3 Å². The number of aryl methyl sites for hydroxylation is 3. The Morgan fingerprint density at radius 3 is 2.18 bits per heavy atom. The summed E-state index contributed by atoms with van der Waals surface area (Å²) in [7, 11) is -7.65. The molecule has 0 amide bonds. The van der Waals surface area contributed by atoms with Crippen LogP contribution in [0.1, 0.15) is 29.5 Å². The number of rotatable bonds is 5.